The maximum absolute atomic E-state index is 13.6. The van der Waals surface area contributed by atoms with Crippen molar-refractivity contribution < 1.29 is 9.53 Å². The van der Waals surface area contributed by atoms with Crippen molar-refractivity contribution in [2.75, 3.05) is 19.7 Å². The van der Waals surface area contributed by atoms with E-state index in [2.05, 4.69) is 22.3 Å². The highest BCUT2D eigenvalue weighted by molar-refractivity contribution is 5.76. The summed E-state index contributed by atoms with van der Waals surface area (Å²) in [5.74, 6) is 0.349. The van der Waals surface area contributed by atoms with E-state index in [1.807, 2.05) is 49.4 Å². The van der Waals surface area contributed by atoms with Crippen molar-refractivity contribution in [2.45, 2.75) is 51.9 Å². The first kappa shape index (κ1) is 23.5. The number of benzene rings is 2. The number of hydrogen-bond donors (Lipinski definition) is 1. The minimum Gasteiger partial charge on any atom is -0.376 e. The van der Waals surface area contributed by atoms with Crippen LogP contribution in [0.4, 0.5) is 0 Å². The molecule has 3 aromatic rings. The van der Waals surface area contributed by atoms with Crippen molar-refractivity contribution in [1.82, 2.24) is 19.8 Å². The molecule has 35 heavy (non-hydrogen) atoms. The highest BCUT2D eigenvalue weighted by Crippen LogP contribution is 2.22. The van der Waals surface area contributed by atoms with E-state index in [1.165, 1.54) is 5.56 Å². The van der Waals surface area contributed by atoms with Gasteiger partial charge in [0.2, 0.25) is 5.91 Å². The highest BCUT2D eigenvalue weighted by Gasteiger charge is 2.25. The van der Waals surface area contributed by atoms with Crippen LogP contribution in [0.15, 0.2) is 59.4 Å². The molecule has 182 valence electrons. The fourth-order valence-corrected chi connectivity index (χ4v) is 4.86. The Morgan fingerprint density at radius 1 is 1.14 bits per heavy atom. The SMILES string of the molecule is Cc1ccc(-c2nc3c(c(=O)n2CC(=O)NCC2CCCO2)CCN(Cc2ccccc2)C3)cc1. The quantitative estimate of drug-likeness (QED) is 0.572. The summed E-state index contributed by atoms with van der Waals surface area (Å²) in [6, 6.07) is 18.3. The molecule has 1 aromatic heterocycles. The largest absolute Gasteiger partial charge is 0.376 e. The number of carbonyl (C=O) groups excluding carboxylic acids is 1. The Morgan fingerprint density at radius 2 is 1.94 bits per heavy atom. The first-order valence-electron chi connectivity index (χ1n) is 12.4. The van der Waals surface area contributed by atoms with Gasteiger partial charge in [-0.1, -0.05) is 60.2 Å². The molecule has 1 fully saturated rings. The van der Waals surface area contributed by atoms with Crippen LogP contribution in [-0.4, -0.2) is 46.2 Å². The zero-order valence-electron chi connectivity index (χ0n) is 20.2. The Balaban J connectivity index is 1.42. The number of rotatable bonds is 7. The van der Waals surface area contributed by atoms with E-state index in [9.17, 15) is 9.59 Å². The van der Waals surface area contributed by atoms with Gasteiger partial charge in [0.05, 0.1) is 11.8 Å². The number of amides is 1. The van der Waals surface area contributed by atoms with E-state index in [0.29, 0.717) is 25.3 Å². The fourth-order valence-electron chi connectivity index (χ4n) is 4.86. The molecular formula is C28H32N4O3. The van der Waals surface area contributed by atoms with Crippen molar-refractivity contribution in [3.05, 3.63) is 87.3 Å². The maximum Gasteiger partial charge on any atom is 0.257 e. The number of hydrogen-bond acceptors (Lipinski definition) is 5. The van der Waals surface area contributed by atoms with Gasteiger partial charge in [0.15, 0.2) is 0 Å². The van der Waals surface area contributed by atoms with Gasteiger partial charge < -0.3 is 10.1 Å². The van der Waals surface area contributed by atoms with Gasteiger partial charge in [-0.2, -0.15) is 0 Å². The number of fused-ring (bicyclic) bond motifs is 1. The number of ether oxygens (including phenoxy) is 1. The third kappa shape index (κ3) is 5.52. The lowest BCUT2D eigenvalue weighted by Crippen LogP contribution is -2.41. The summed E-state index contributed by atoms with van der Waals surface area (Å²) >= 11 is 0. The van der Waals surface area contributed by atoms with Crippen LogP contribution >= 0.6 is 0 Å². The summed E-state index contributed by atoms with van der Waals surface area (Å²) in [5, 5.41) is 2.94. The molecule has 1 amide bonds. The number of nitrogens with zero attached hydrogens (tertiary/aromatic N) is 3. The van der Waals surface area contributed by atoms with Crippen LogP contribution in [0.3, 0.4) is 0 Å². The normalized spacial score (nSPS) is 17.8. The molecule has 0 bridgehead atoms. The molecule has 2 aromatic carbocycles. The minimum absolute atomic E-state index is 0.0528. The molecule has 0 saturated carbocycles. The highest BCUT2D eigenvalue weighted by atomic mass is 16.5. The molecule has 0 radical (unpaired) electrons. The summed E-state index contributed by atoms with van der Waals surface area (Å²) in [7, 11) is 0. The summed E-state index contributed by atoms with van der Waals surface area (Å²) in [6.45, 7) is 5.41. The first-order valence-corrected chi connectivity index (χ1v) is 12.4. The molecule has 2 aliphatic rings. The average Bonchev–Trinajstić information content (AvgIpc) is 3.39. The Hall–Kier alpha value is -3.29. The monoisotopic (exact) mass is 472 g/mol. The number of aromatic nitrogens is 2. The standard InChI is InChI=1S/C28H32N4O3/c1-20-9-11-22(12-10-20)27-30-25-18-31(17-21-6-3-2-4-7-21)14-13-24(25)28(34)32(27)19-26(33)29-16-23-8-5-15-35-23/h2-4,6-7,9-12,23H,5,8,13-19H2,1H3,(H,29,33). The molecule has 3 heterocycles. The van der Waals surface area contributed by atoms with Crippen LogP contribution in [0.1, 0.15) is 35.2 Å². The van der Waals surface area contributed by atoms with E-state index in [0.717, 1.165) is 54.9 Å². The second-order valence-electron chi connectivity index (χ2n) is 9.50. The van der Waals surface area contributed by atoms with E-state index < -0.39 is 0 Å². The Kier molecular flexibility index (Phi) is 7.06. The van der Waals surface area contributed by atoms with E-state index in [4.69, 9.17) is 9.72 Å². The summed E-state index contributed by atoms with van der Waals surface area (Å²) in [4.78, 5) is 33.7. The second-order valence-corrected chi connectivity index (χ2v) is 9.50. The van der Waals surface area contributed by atoms with Crippen LogP contribution in [0.25, 0.3) is 11.4 Å². The Bertz CT molecular complexity index is 1230. The van der Waals surface area contributed by atoms with Crippen molar-refractivity contribution in [3.63, 3.8) is 0 Å². The van der Waals surface area contributed by atoms with Crippen molar-refractivity contribution in [1.29, 1.82) is 0 Å². The smallest absolute Gasteiger partial charge is 0.257 e. The molecule has 1 atom stereocenters. The molecule has 0 aliphatic carbocycles. The molecule has 0 spiro atoms. The molecule has 2 aliphatic heterocycles. The molecule has 7 nitrogen and oxygen atoms in total. The van der Waals surface area contributed by atoms with E-state index in [1.54, 1.807) is 4.57 Å². The predicted molar refractivity (Wildman–Crippen MR) is 135 cm³/mol. The van der Waals surface area contributed by atoms with Crippen molar-refractivity contribution in [2.24, 2.45) is 0 Å². The van der Waals surface area contributed by atoms with Gasteiger partial charge in [-0.05, 0) is 31.7 Å². The number of aryl methyl sites for hydroxylation is 1. The van der Waals surface area contributed by atoms with Gasteiger partial charge in [-0.3, -0.25) is 19.1 Å². The lowest BCUT2D eigenvalue weighted by molar-refractivity contribution is -0.122. The zero-order valence-corrected chi connectivity index (χ0v) is 20.2. The van der Waals surface area contributed by atoms with Gasteiger partial charge in [-0.25, -0.2) is 4.98 Å². The lowest BCUT2D eigenvalue weighted by atomic mass is 10.0. The van der Waals surface area contributed by atoms with Crippen LogP contribution < -0.4 is 10.9 Å². The molecule has 1 N–H and O–H groups in total. The van der Waals surface area contributed by atoms with E-state index >= 15 is 0 Å². The number of nitrogens with one attached hydrogen (secondary N) is 1. The summed E-state index contributed by atoms with van der Waals surface area (Å²) in [6.07, 6.45) is 2.66. The average molecular weight is 473 g/mol. The van der Waals surface area contributed by atoms with Crippen LogP contribution in [-0.2, 0) is 35.6 Å². The van der Waals surface area contributed by atoms with E-state index in [-0.39, 0.29) is 24.1 Å². The molecule has 1 unspecified atom stereocenters. The van der Waals surface area contributed by atoms with Crippen LogP contribution in [0.5, 0.6) is 0 Å². The predicted octanol–water partition coefficient (Wildman–Crippen LogP) is 3.07. The zero-order chi connectivity index (χ0) is 24.2. The third-order valence-electron chi connectivity index (χ3n) is 6.81. The Morgan fingerprint density at radius 3 is 2.69 bits per heavy atom. The van der Waals surface area contributed by atoms with Crippen molar-refractivity contribution in [3.8, 4) is 11.4 Å². The first-order chi connectivity index (χ1) is 17.1. The van der Waals surface area contributed by atoms with Gasteiger partial charge >= 0.3 is 0 Å². The van der Waals surface area contributed by atoms with Gasteiger partial charge in [0.1, 0.15) is 12.4 Å². The fraction of sp³-hybridized carbons (Fsp3) is 0.393. The molecule has 1 saturated heterocycles. The summed E-state index contributed by atoms with van der Waals surface area (Å²) < 4.78 is 7.15. The van der Waals surface area contributed by atoms with Crippen LogP contribution in [0, 0.1) is 6.92 Å². The third-order valence-corrected chi connectivity index (χ3v) is 6.81. The molecular weight excluding hydrogens is 440 g/mol. The second kappa shape index (κ2) is 10.5. The molecule has 5 rings (SSSR count). The van der Waals surface area contributed by atoms with Crippen molar-refractivity contribution >= 4 is 5.91 Å². The minimum atomic E-state index is -0.195. The molecule has 7 heteroatoms. The lowest BCUT2D eigenvalue weighted by Gasteiger charge is -2.29. The number of carbonyl (C=O) groups is 1. The maximum atomic E-state index is 13.6. The summed E-state index contributed by atoms with van der Waals surface area (Å²) in [5.41, 5.74) is 4.62. The Labute approximate surface area is 205 Å². The van der Waals surface area contributed by atoms with Gasteiger partial charge in [-0.15, -0.1) is 0 Å². The van der Waals surface area contributed by atoms with Crippen LogP contribution in [0.2, 0.25) is 0 Å². The van der Waals surface area contributed by atoms with Gasteiger partial charge in [0, 0.05) is 43.9 Å². The van der Waals surface area contributed by atoms with Gasteiger partial charge in [0.25, 0.3) is 5.56 Å². The topological polar surface area (TPSA) is 76.5 Å².